The van der Waals surface area contributed by atoms with Gasteiger partial charge in [0.25, 0.3) is 5.91 Å². The molecule has 4 nitrogen and oxygen atoms in total. The zero-order chi connectivity index (χ0) is 19.7. The van der Waals surface area contributed by atoms with Crippen LogP contribution in [0.5, 0.6) is 0 Å². The van der Waals surface area contributed by atoms with Gasteiger partial charge in [0.2, 0.25) is 0 Å². The van der Waals surface area contributed by atoms with Crippen molar-refractivity contribution in [3.63, 3.8) is 0 Å². The molecular weight excluding hydrogens is 364 g/mol. The highest BCUT2D eigenvalue weighted by molar-refractivity contribution is 5.95. The zero-order valence-electron chi connectivity index (χ0n) is 13.7. The first-order chi connectivity index (χ1) is 11.9. The smallest absolute Gasteiger partial charge is 0.349 e. The molecule has 0 saturated heterocycles. The number of carbonyl (C=O) groups is 1. The second-order valence-corrected chi connectivity index (χ2v) is 5.65. The standard InChI is InChI=1S/C16H15F6N3O/c1-3-9(2)24-14(26)12-8-23-25(13(12)16(20,21)22)11-6-4-5-10(7-11)15(17,18)19/h4-9H,3H2,1-2H3,(H,24,26). The quantitative estimate of drug-likeness (QED) is 0.799. The number of hydrogen-bond donors (Lipinski definition) is 1. The molecule has 1 N–H and O–H groups in total. The van der Waals surface area contributed by atoms with E-state index in [-0.39, 0.29) is 6.04 Å². The minimum atomic E-state index is -4.99. The summed E-state index contributed by atoms with van der Waals surface area (Å²) in [6.45, 7) is 3.35. The maximum atomic E-state index is 13.5. The monoisotopic (exact) mass is 379 g/mol. The van der Waals surface area contributed by atoms with E-state index >= 15 is 0 Å². The molecule has 1 atom stereocenters. The summed E-state index contributed by atoms with van der Waals surface area (Å²) in [5.41, 5.74) is -3.76. The number of nitrogens with zero attached hydrogens (tertiary/aromatic N) is 2. The Morgan fingerprint density at radius 3 is 2.38 bits per heavy atom. The first-order valence-electron chi connectivity index (χ1n) is 7.58. The summed E-state index contributed by atoms with van der Waals surface area (Å²) in [6, 6.07) is 2.92. The number of amides is 1. The molecule has 0 saturated carbocycles. The molecule has 2 rings (SSSR count). The van der Waals surface area contributed by atoms with Crippen LogP contribution in [0.1, 0.15) is 41.9 Å². The van der Waals surface area contributed by atoms with Crippen molar-refractivity contribution in [1.29, 1.82) is 0 Å². The highest BCUT2D eigenvalue weighted by Crippen LogP contribution is 2.35. The predicted molar refractivity (Wildman–Crippen MR) is 80.8 cm³/mol. The third-order valence-electron chi connectivity index (χ3n) is 3.69. The first kappa shape index (κ1) is 19.8. The van der Waals surface area contributed by atoms with Crippen molar-refractivity contribution in [3.8, 4) is 5.69 Å². The molecule has 1 aromatic heterocycles. The van der Waals surface area contributed by atoms with Crippen molar-refractivity contribution in [1.82, 2.24) is 15.1 Å². The second-order valence-electron chi connectivity index (χ2n) is 5.65. The van der Waals surface area contributed by atoms with Gasteiger partial charge in [-0.15, -0.1) is 0 Å². The third-order valence-corrected chi connectivity index (χ3v) is 3.69. The van der Waals surface area contributed by atoms with E-state index in [0.29, 0.717) is 23.4 Å². The van der Waals surface area contributed by atoms with E-state index in [1.807, 2.05) is 0 Å². The summed E-state index contributed by atoms with van der Waals surface area (Å²) in [5.74, 6) is -0.995. The first-order valence-corrected chi connectivity index (χ1v) is 7.58. The minimum absolute atomic E-state index is 0.292. The third kappa shape index (κ3) is 4.17. The van der Waals surface area contributed by atoms with Gasteiger partial charge in [0, 0.05) is 6.04 Å². The van der Waals surface area contributed by atoms with Crippen molar-refractivity contribution in [3.05, 3.63) is 47.3 Å². The molecule has 1 heterocycles. The molecule has 26 heavy (non-hydrogen) atoms. The lowest BCUT2D eigenvalue weighted by atomic mass is 10.1. The van der Waals surface area contributed by atoms with Gasteiger partial charge >= 0.3 is 12.4 Å². The largest absolute Gasteiger partial charge is 0.434 e. The van der Waals surface area contributed by atoms with Crippen LogP contribution in [0.2, 0.25) is 0 Å². The fraction of sp³-hybridized carbons (Fsp3) is 0.375. The Hall–Kier alpha value is -2.52. The average molecular weight is 379 g/mol. The Morgan fingerprint density at radius 1 is 1.19 bits per heavy atom. The molecule has 0 fully saturated rings. The van der Waals surface area contributed by atoms with Crippen LogP contribution in [-0.4, -0.2) is 21.7 Å². The SMILES string of the molecule is CCC(C)NC(=O)c1cnn(-c2cccc(C(F)(F)F)c2)c1C(F)(F)F. The highest BCUT2D eigenvalue weighted by Gasteiger charge is 2.41. The molecule has 2 aromatic rings. The number of rotatable bonds is 4. The van der Waals surface area contributed by atoms with Gasteiger partial charge in [-0.3, -0.25) is 4.79 Å². The number of carbonyl (C=O) groups excluding carboxylic acids is 1. The number of halogens is 6. The Morgan fingerprint density at radius 2 is 1.85 bits per heavy atom. The van der Waals surface area contributed by atoms with Crippen molar-refractivity contribution in [2.45, 2.75) is 38.7 Å². The summed E-state index contributed by atoms with van der Waals surface area (Å²) in [6.07, 6.45) is -8.53. The molecule has 1 unspecified atom stereocenters. The van der Waals surface area contributed by atoms with E-state index in [0.717, 1.165) is 18.2 Å². The fourth-order valence-electron chi connectivity index (χ4n) is 2.20. The van der Waals surface area contributed by atoms with Gasteiger partial charge in [-0.25, -0.2) is 4.68 Å². The van der Waals surface area contributed by atoms with Gasteiger partial charge in [0.15, 0.2) is 5.69 Å². The van der Waals surface area contributed by atoms with Crippen molar-refractivity contribution in [2.75, 3.05) is 0 Å². The number of nitrogens with one attached hydrogen (secondary N) is 1. The van der Waals surface area contributed by atoms with E-state index in [2.05, 4.69) is 10.4 Å². The van der Waals surface area contributed by atoms with Crippen LogP contribution in [-0.2, 0) is 12.4 Å². The van der Waals surface area contributed by atoms with Gasteiger partial charge in [-0.2, -0.15) is 31.4 Å². The summed E-state index contributed by atoms with van der Waals surface area (Å²) < 4.78 is 79.2. The molecule has 1 amide bonds. The van der Waals surface area contributed by atoms with E-state index < -0.39 is 40.8 Å². The lowest BCUT2D eigenvalue weighted by Crippen LogP contribution is -2.33. The minimum Gasteiger partial charge on any atom is -0.349 e. The topological polar surface area (TPSA) is 46.9 Å². The van der Waals surface area contributed by atoms with Crippen molar-refractivity contribution in [2.24, 2.45) is 0 Å². The molecule has 0 aliphatic carbocycles. The lowest BCUT2D eigenvalue weighted by Gasteiger charge is -2.15. The fourth-order valence-corrected chi connectivity index (χ4v) is 2.20. The molecule has 0 aliphatic rings. The van der Waals surface area contributed by atoms with Gasteiger partial charge < -0.3 is 5.32 Å². The number of hydrogen-bond acceptors (Lipinski definition) is 2. The molecule has 0 spiro atoms. The lowest BCUT2D eigenvalue weighted by molar-refractivity contribution is -0.143. The number of aromatic nitrogens is 2. The molecular formula is C16H15F6N3O. The Bertz CT molecular complexity index is 794. The van der Waals surface area contributed by atoms with Gasteiger partial charge in [0.1, 0.15) is 0 Å². The van der Waals surface area contributed by atoms with Crippen molar-refractivity contribution < 1.29 is 31.1 Å². The molecule has 1 aromatic carbocycles. The summed E-state index contributed by atoms with van der Waals surface area (Å²) in [5, 5.41) is 5.89. The summed E-state index contributed by atoms with van der Waals surface area (Å²) >= 11 is 0. The van der Waals surface area contributed by atoms with Crippen LogP contribution in [0.25, 0.3) is 5.69 Å². The molecule has 0 aliphatic heterocycles. The van der Waals surface area contributed by atoms with Gasteiger partial charge in [-0.1, -0.05) is 13.0 Å². The maximum absolute atomic E-state index is 13.5. The van der Waals surface area contributed by atoms with Crippen LogP contribution >= 0.6 is 0 Å². The highest BCUT2D eigenvalue weighted by atomic mass is 19.4. The Labute approximate surface area is 144 Å². The van der Waals surface area contributed by atoms with Crippen molar-refractivity contribution >= 4 is 5.91 Å². The van der Waals surface area contributed by atoms with Crippen LogP contribution < -0.4 is 5.32 Å². The van der Waals surface area contributed by atoms with Crippen LogP contribution in [0.3, 0.4) is 0 Å². The van der Waals surface area contributed by atoms with Crippen LogP contribution in [0.4, 0.5) is 26.3 Å². The number of benzene rings is 1. The maximum Gasteiger partial charge on any atom is 0.434 e. The molecule has 0 radical (unpaired) electrons. The molecule has 0 bridgehead atoms. The zero-order valence-corrected chi connectivity index (χ0v) is 13.7. The predicted octanol–water partition coefficient (Wildman–Crippen LogP) is 4.44. The van der Waals surface area contributed by atoms with Crippen LogP contribution in [0, 0.1) is 0 Å². The van der Waals surface area contributed by atoms with Crippen LogP contribution in [0.15, 0.2) is 30.5 Å². The van der Waals surface area contributed by atoms with E-state index in [1.54, 1.807) is 13.8 Å². The molecule has 10 heteroatoms. The van der Waals surface area contributed by atoms with E-state index in [1.165, 1.54) is 0 Å². The summed E-state index contributed by atoms with van der Waals surface area (Å²) in [7, 11) is 0. The van der Waals surface area contributed by atoms with E-state index in [4.69, 9.17) is 0 Å². The molecule has 142 valence electrons. The second kappa shape index (κ2) is 7.00. The number of alkyl halides is 6. The Balaban J connectivity index is 2.56. The normalized spacial score (nSPS) is 13.5. The Kier molecular flexibility index (Phi) is 5.33. The summed E-state index contributed by atoms with van der Waals surface area (Å²) in [4.78, 5) is 12.1. The average Bonchev–Trinajstić information content (AvgIpc) is 2.99. The van der Waals surface area contributed by atoms with Gasteiger partial charge in [0.05, 0.1) is 23.0 Å². The van der Waals surface area contributed by atoms with Gasteiger partial charge in [-0.05, 0) is 31.5 Å². The van der Waals surface area contributed by atoms with E-state index in [9.17, 15) is 31.1 Å².